The lowest BCUT2D eigenvalue weighted by Crippen LogP contribution is -2.24. The van der Waals surface area contributed by atoms with Gasteiger partial charge in [-0.2, -0.15) is 15.4 Å². The van der Waals surface area contributed by atoms with Gasteiger partial charge in [0.05, 0.1) is 18.5 Å². The summed E-state index contributed by atoms with van der Waals surface area (Å²) in [5.74, 6) is -0.00895. The van der Waals surface area contributed by atoms with Crippen LogP contribution in [0.5, 0.6) is 0 Å². The molecule has 0 radical (unpaired) electrons. The van der Waals surface area contributed by atoms with Crippen molar-refractivity contribution in [2.45, 2.75) is 31.7 Å². The molecule has 1 heterocycles. The zero-order valence-electron chi connectivity index (χ0n) is 10.7. The zero-order chi connectivity index (χ0) is 13.2. The number of nitrogens with one attached hydrogen (secondary N) is 2. The number of rotatable bonds is 9. The molecule has 0 aromatic carbocycles. The second-order valence-corrected chi connectivity index (χ2v) is 4.08. The molecule has 7 heteroatoms. The maximum atomic E-state index is 10.9. The zero-order valence-corrected chi connectivity index (χ0v) is 10.7. The normalized spacial score (nSPS) is 12.3. The summed E-state index contributed by atoms with van der Waals surface area (Å²) in [7, 11) is 1.61. The van der Waals surface area contributed by atoms with E-state index in [0.717, 1.165) is 25.0 Å². The molecule has 1 amide bonds. The van der Waals surface area contributed by atoms with E-state index in [2.05, 4.69) is 20.7 Å². The van der Waals surface area contributed by atoms with Gasteiger partial charge in [0.25, 0.3) is 0 Å². The van der Waals surface area contributed by atoms with Gasteiger partial charge in [0.15, 0.2) is 0 Å². The molecule has 18 heavy (non-hydrogen) atoms. The Morgan fingerprint density at radius 3 is 3.06 bits per heavy atom. The minimum absolute atomic E-state index is 0.00895. The summed E-state index contributed by atoms with van der Waals surface area (Å²) in [4.78, 5) is 10.9. The second kappa shape index (κ2) is 8.60. The van der Waals surface area contributed by atoms with Crippen LogP contribution in [0.25, 0.3) is 0 Å². The van der Waals surface area contributed by atoms with Gasteiger partial charge in [0.2, 0.25) is 5.91 Å². The lowest BCUT2D eigenvalue weighted by atomic mass is 10.1. The molecule has 0 fully saturated rings. The van der Waals surface area contributed by atoms with Crippen molar-refractivity contribution < 1.29 is 9.53 Å². The molecule has 0 aliphatic carbocycles. The van der Waals surface area contributed by atoms with Gasteiger partial charge in [-0.15, -0.1) is 0 Å². The summed E-state index contributed by atoms with van der Waals surface area (Å²) in [5, 5.41) is 12.8. The molecule has 0 spiro atoms. The van der Waals surface area contributed by atoms with Crippen molar-refractivity contribution in [2.75, 3.05) is 20.3 Å². The molecule has 0 saturated carbocycles. The second-order valence-electron chi connectivity index (χ2n) is 4.08. The molecule has 7 nitrogen and oxygen atoms in total. The third-order valence-electron chi connectivity index (χ3n) is 2.62. The Balaban J connectivity index is 1.96. The summed E-state index contributed by atoms with van der Waals surface area (Å²) in [6.07, 6.45) is 4.55. The monoisotopic (exact) mass is 255 g/mol. The highest BCUT2D eigenvalue weighted by Crippen LogP contribution is 2.02. The first-order valence-electron chi connectivity index (χ1n) is 6.11. The Morgan fingerprint density at radius 1 is 1.56 bits per heavy atom. The van der Waals surface area contributed by atoms with Crippen LogP contribution in [-0.4, -0.2) is 47.6 Å². The highest BCUT2D eigenvalue weighted by atomic mass is 16.5. The quantitative estimate of drug-likeness (QED) is 0.521. The molecule has 1 unspecified atom stereocenters. The molecule has 1 aromatic rings. The highest BCUT2D eigenvalue weighted by molar-refractivity contribution is 5.75. The molecule has 0 aliphatic heterocycles. The topological polar surface area (TPSA) is 106 Å². The fraction of sp³-hybridized carbons (Fsp3) is 0.727. The van der Waals surface area contributed by atoms with Gasteiger partial charge in [-0.25, -0.2) is 0 Å². The number of hydrogen-bond acceptors (Lipinski definition) is 5. The predicted molar refractivity (Wildman–Crippen MR) is 66.8 cm³/mol. The van der Waals surface area contributed by atoms with E-state index in [0.29, 0.717) is 19.6 Å². The number of nitrogens with two attached hydrogens (primary N) is 1. The van der Waals surface area contributed by atoms with E-state index in [1.54, 1.807) is 13.2 Å². The molecule has 0 bridgehead atoms. The summed E-state index contributed by atoms with van der Waals surface area (Å²) in [6.45, 7) is 1.02. The van der Waals surface area contributed by atoms with Gasteiger partial charge in [0, 0.05) is 26.1 Å². The van der Waals surface area contributed by atoms with Crippen LogP contribution in [0.1, 0.15) is 25.0 Å². The third kappa shape index (κ3) is 6.31. The number of ether oxygens (including phenoxy) is 1. The van der Waals surface area contributed by atoms with Gasteiger partial charge in [-0.3, -0.25) is 4.79 Å². The summed E-state index contributed by atoms with van der Waals surface area (Å²) in [6, 6.07) is 0.0849. The molecule has 102 valence electrons. The molecular weight excluding hydrogens is 234 g/mol. The van der Waals surface area contributed by atoms with E-state index in [9.17, 15) is 4.79 Å². The van der Waals surface area contributed by atoms with Crippen molar-refractivity contribution in [3.05, 3.63) is 11.9 Å². The van der Waals surface area contributed by atoms with E-state index in [1.165, 1.54) is 0 Å². The summed E-state index contributed by atoms with van der Waals surface area (Å²) in [5.41, 5.74) is 6.86. The number of carbonyl (C=O) groups excluding carboxylic acids is 1. The van der Waals surface area contributed by atoms with Crippen molar-refractivity contribution in [1.29, 1.82) is 0 Å². The predicted octanol–water partition coefficient (Wildman–Crippen LogP) is -0.393. The SMILES string of the molecule is CNC(=O)CCOCCC(N)CCc1cn[nH]n1. The van der Waals surface area contributed by atoms with Crippen LogP contribution in [0.15, 0.2) is 6.20 Å². The fourth-order valence-electron chi connectivity index (χ4n) is 1.45. The van der Waals surface area contributed by atoms with E-state index in [1.807, 2.05) is 0 Å². The highest BCUT2D eigenvalue weighted by Gasteiger charge is 2.05. The molecule has 4 N–H and O–H groups in total. The Hall–Kier alpha value is -1.47. The number of nitrogens with zero attached hydrogens (tertiary/aromatic N) is 2. The number of aromatic nitrogens is 3. The molecular formula is C11H21N5O2. The van der Waals surface area contributed by atoms with Crippen LogP contribution in [0, 0.1) is 0 Å². The number of aryl methyl sites for hydroxylation is 1. The van der Waals surface area contributed by atoms with E-state index in [-0.39, 0.29) is 11.9 Å². The van der Waals surface area contributed by atoms with Crippen LogP contribution in [0.3, 0.4) is 0 Å². The fourth-order valence-corrected chi connectivity index (χ4v) is 1.45. The first-order valence-corrected chi connectivity index (χ1v) is 6.11. The molecule has 1 atom stereocenters. The molecule has 0 aliphatic rings. The smallest absolute Gasteiger partial charge is 0.222 e. The lowest BCUT2D eigenvalue weighted by molar-refractivity contribution is -0.121. The maximum absolute atomic E-state index is 10.9. The first kappa shape index (κ1) is 14.6. The van der Waals surface area contributed by atoms with Crippen molar-refractivity contribution >= 4 is 5.91 Å². The average Bonchev–Trinajstić information content (AvgIpc) is 2.88. The average molecular weight is 255 g/mol. The Bertz CT molecular complexity index is 328. The maximum Gasteiger partial charge on any atom is 0.222 e. The Morgan fingerprint density at radius 2 is 2.39 bits per heavy atom. The largest absolute Gasteiger partial charge is 0.381 e. The van der Waals surface area contributed by atoms with Gasteiger partial charge >= 0.3 is 0 Å². The number of amides is 1. The van der Waals surface area contributed by atoms with E-state index in [4.69, 9.17) is 10.5 Å². The molecule has 1 rings (SSSR count). The van der Waals surface area contributed by atoms with Crippen LogP contribution >= 0.6 is 0 Å². The van der Waals surface area contributed by atoms with Crippen LogP contribution in [0.2, 0.25) is 0 Å². The number of hydrogen-bond donors (Lipinski definition) is 3. The van der Waals surface area contributed by atoms with Crippen molar-refractivity contribution in [3.63, 3.8) is 0 Å². The summed E-state index contributed by atoms with van der Waals surface area (Å²) >= 11 is 0. The van der Waals surface area contributed by atoms with Crippen molar-refractivity contribution in [3.8, 4) is 0 Å². The van der Waals surface area contributed by atoms with Gasteiger partial charge in [-0.1, -0.05) is 0 Å². The van der Waals surface area contributed by atoms with E-state index < -0.39 is 0 Å². The van der Waals surface area contributed by atoms with E-state index >= 15 is 0 Å². The minimum Gasteiger partial charge on any atom is -0.381 e. The standard InChI is InChI=1S/C11H21N5O2/c1-13-11(17)5-7-18-6-4-9(12)2-3-10-8-14-16-15-10/h8-9H,2-7,12H2,1H3,(H,13,17)(H,14,15,16). The summed E-state index contributed by atoms with van der Waals surface area (Å²) < 4.78 is 5.34. The third-order valence-corrected chi connectivity index (χ3v) is 2.62. The molecule has 0 saturated heterocycles. The Labute approximate surface area is 106 Å². The van der Waals surface area contributed by atoms with Crippen molar-refractivity contribution in [1.82, 2.24) is 20.7 Å². The number of carbonyl (C=O) groups is 1. The first-order chi connectivity index (χ1) is 8.72. The van der Waals surface area contributed by atoms with Crippen LogP contribution in [-0.2, 0) is 16.0 Å². The minimum atomic E-state index is -0.00895. The van der Waals surface area contributed by atoms with Crippen LogP contribution in [0.4, 0.5) is 0 Å². The number of aromatic amines is 1. The molecule has 1 aromatic heterocycles. The van der Waals surface area contributed by atoms with Gasteiger partial charge in [0.1, 0.15) is 0 Å². The lowest BCUT2D eigenvalue weighted by Gasteiger charge is -2.10. The Kier molecular flexibility index (Phi) is 6.97. The van der Waals surface area contributed by atoms with Crippen molar-refractivity contribution in [2.24, 2.45) is 5.73 Å². The van der Waals surface area contributed by atoms with Crippen LogP contribution < -0.4 is 11.1 Å². The van der Waals surface area contributed by atoms with Gasteiger partial charge in [-0.05, 0) is 19.3 Å². The number of H-pyrrole nitrogens is 1. The van der Waals surface area contributed by atoms with Gasteiger partial charge < -0.3 is 15.8 Å².